The molecular weight excluding hydrogens is 322 g/mol. The molecule has 1 aliphatic rings. The molecule has 1 aromatic heterocycles. The smallest absolute Gasteiger partial charge is 0.290 e. The number of nitrogens with zero attached hydrogens (tertiary/aromatic N) is 1. The van der Waals surface area contributed by atoms with E-state index >= 15 is 0 Å². The van der Waals surface area contributed by atoms with E-state index in [4.69, 9.17) is 4.42 Å². The predicted molar refractivity (Wildman–Crippen MR) is 90.6 cm³/mol. The zero-order chi connectivity index (χ0) is 17.6. The van der Waals surface area contributed by atoms with Crippen molar-refractivity contribution in [1.82, 2.24) is 4.90 Å². The third-order valence-electron chi connectivity index (χ3n) is 4.40. The highest BCUT2D eigenvalue weighted by atomic mass is 16.3. The number of β-amino-alcohol motifs (C(OH)–C–C–N with tert-alkyl or cyclic N) is 1. The lowest BCUT2D eigenvalue weighted by atomic mass is 9.98. The quantitative estimate of drug-likeness (QED) is 0.763. The Morgan fingerprint density at radius 1 is 1.08 bits per heavy atom. The molecule has 2 heterocycles. The van der Waals surface area contributed by atoms with Gasteiger partial charge in [0.2, 0.25) is 5.76 Å². The number of carbonyl (C=O) groups is 1. The molecule has 0 aliphatic carbocycles. The molecule has 6 nitrogen and oxygen atoms in total. The molecule has 1 unspecified atom stereocenters. The van der Waals surface area contributed by atoms with Crippen molar-refractivity contribution in [2.75, 3.05) is 13.2 Å². The monoisotopic (exact) mass is 337 g/mol. The SMILES string of the molecule is O=C1c2oc3ccccc3c(=O)c2C(c2cccc(O)c2)N1CCO. The summed E-state index contributed by atoms with van der Waals surface area (Å²) in [6.45, 7) is -0.193. The van der Waals surface area contributed by atoms with Crippen molar-refractivity contribution >= 4 is 16.9 Å². The number of amides is 1. The van der Waals surface area contributed by atoms with Crippen molar-refractivity contribution < 1.29 is 19.4 Å². The molecule has 1 amide bonds. The highest BCUT2D eigenvalue weighted by Gasteiger charge is 2.42. The van der Waals surface area contributed by atoms with Crippen molar-refractivity contribution in [2.24, 2.45) is 0 Å². The Bertz CT molecular complexity index is 1040. The number of phenolic OH excluding ortho intramolecular Hbond substituents is 1. The zero-order valence-corrected chi connectivity index (χ0v) is 13.2. The Morgan fingerprint density at radius 2 is 1.88 bits per heavy atom. The molecule has 0 radical (unpaired) electrons. The van der Waals surface area contributed by atoms with Crippen LogP contribution in [0, 0.1) is 0 Å². The Morgan fingerprint density at radius 3 is 2.64 bits per heavy atom. The minimum absolute atomic E-state index is 0.00880. The van der Waals surface area contributed by atoms with Crippen molar-refractivity contribution in [1.29, 1.82) is 0 Å². The third kappa shape index (κ3) is 2.30. The molecule has 1 aliphatic heterocycles. The maximum absolute atomic E-state index is 13.0. The summed E-state index contributed by atoms with van der Waals surface area (Å²) in [5.74, 6) is -0.418. The highest BCUT2D eigenvalue weighted by molar-refractivity contribution is 5.99. The molecule has 0 saturated carbocycles. The van der Waals surface area contributed by atoms with Crippen LogP contribution in [-0.2, 0) is 0 Å². The van der Waals surface area contributed by atoms with Gasteiger partial charge in [-0.05, 0) is 29.8 Å². The Kier molecular flexibility index (Phi) is 3.54. The second-order valence-corrected chi connectivity index (χ2v) is 5.89. The lowest BCUT2D eigenvalue weighted by Crippen LogP contribution is -2.32. The molecule has 0 fully saturated rings. The van der Waals surface area contributed by atoms with Crippen LogP contribution in [0.2, 0.25) is 0 Å². The van der Waals surface area contributed by atoms with Gasteiger partial charge in [0.1, 0.15) is 11.3 Å². The average Bonchev–Trinajstić information content (AvgIpc) is 2.89. The first-order chi connectivity index (χ1) is 12.1. The summed E-state index contributed by atoms with van der Waals surface area (Å²) in [4.78, 5) is 27.2. The molecule has 0 saturated heterocycles. The van der Waals surface area contributed by atoms with E-state index in [0.717, 1.165) is 0 Å². The first kappa shape index (κ1) is 15.4. The van der Waals surface area contributed by atoms with Gasteiger partial charge in [-0.1, -0.05) is 24.3 Å². The van der Waals surface area contributed by atoms with Crippen LogP contribution in [0.25, 0.3) is 11.0 Å². The van der Waals surface area contributed by atoms with E-state index in [2.05, 4.69) is 0 Å². The number of hydrogen-bond donors (Lipinski definition) is 2. The van der Waals surface area contributed by atoms with E-state index in [1.54, 1.807) is 36.4 Å². The van der Waals surface area contributed by atoms with Gasteiger partial charge >= 0.3 is 0 Å². The van der Waals surface area contributed by atoms with E-state index < -0.39 is 11.9 Å². The maximum Gasteiger partial charge on any atom is 0.290 e. The Balaban J connectivity index is 2.02. The molecule has 25 heavy (non-hydrogen) atoms. The number of hydrogen-bond acceptors (Lipinski definition) is 5. The van der Waals surface area contributed by atoms with Crippen LogP contribution in [0.15, 0.2) is 57.7 Å². The number of aromatic hydroxyl groups is 1. The second kappa shape index (κ2) is 5.75. The molecule has 4 rings (SSSR count). The molecule has 0 bridgehead atoms. The number of carbonyl (C=O) groups excluding carboxylic acids is 1. The summed E-state index contributed by atoms with van der Waals surface area (Å²) in [6, 6.07) is 12.4. The normalized spacial score (nSPS) is 16.4. The first-order valence-electron chi connectivity index (χ1n) is 7.88. The number of fused-ring (bicyclic) bond motifs is 2. The lowest BCUT2D eigenvalue weighted by Gasteiger charge is -2.24. The average molecular weight is 337 g/mol. The summed E-state index contributed by atoms with van der Waals surface area (Å²) >= 11 is 0. The van der Waals surface area contributed by atoms with E-state index in [1.807, 2.05) is 0 Å². The topological polar surface area (TPSA) is 91.0 Å². The van der Waals surface area contributed by atoms with Crippen molar-refractivity contribution in [3.8, 4) is 5.75 Å². The van der Waals surface area contributed by atoms with Gasteiger partial charge in [-0.15, -0.1) is 0 Å². The minimum atomic E-state index is -0.706. The molecule has 1 atom stereocenters. The molecule has 2 aromatic carbocycles. The molecule has 2 N–H and O–H groups in total. The van der Waals surface area contributed by atoms with E-state index in [1.165, 1.54) is 17.0 Å². The number of rotatable bonds is 3. The minimum Gasteiger partial charge on any atom is -0.508 e. The van der Waals surface area contributed by atoms with E-state index in [-0.39, 0.29) is 35.7 Å². The zero-order valence-electron chi connectivity index (χ0n) is 13.2. The van der Waals surface area contributed by atoms with Gasteiger partial charge < -0.3 is 19.5 Å². The van der Waals surface area contributed by atoms with E-state index in [0.29, 0.717) is 16.5 Å². The van der Waals surface area contributed by atoms with Gasteiger partial charge in [0, 0.05) is 6.54 Å². The molecular formula is C19H15NO5. The van der Waals surface area contributed by atoms with E-state index in [9.17, 15) is 19.8 Å². The van der Waals surface area contributed by atoms with Crippen LogP contribution in [0.5, 0.6) is 5.75 Å². The third-order valence-corrected chi connectivity index (χ3v) is 4.40. The fourth-order valence-electron chi connectivity index (χ4n) is 3.35. The lowest BCUT2D eigenvalue weighted by molar-refractivity contribution is 0.0691. The number of aliphatic hydroxyl groups is 1. The second-order valence-electron chi connectivity index (χ2n) is 5.89. The standard InChI is InChI=1S/C19H15NO5/c21-9-8-20-16(11-4-3-5-12(22)10-11)15-17(23)13-6-1-2-7-14(13)25-18(15)19(20)24/h1-7,10,16,21-22H,8-9H2. The summed E-state index contributed by atoms with van der Waals surface area (Å²) in [5.41, 5.74) is 0.893. The van der Waals surface area contributed by atoms with Gasteiger partial charge in [-0.3, -0.25) is 9.59 Å². The number of phenols is 1. The first-order valence-corrected chi connectivity index (χ1v) is 7.88. The van der Waals surface area contributed by atoms with Crippen LogP contribution in [-0.4, -0.2) is 34.2 Å². The number of benzene rings is 2. The maximum atomic E-state index is 13.0. The van der Waals surface area contributed by atoms with Crippen molar-refractivity contribution in [2.45, 2.75) is 6.04 Å². The van der Waals surface area contributed by atoms with Gasteiger partial charge in [0.05, 0.1) is 23.6 Å². The van der Waals surface area contributed by atoms with Gasteiger partial charge in [-0.2, -0.15) is 0 Å². The fraction of sp³-hybridized carbons (Fsp3) is 0.158. The van der Waals surface area contributed by atoms with Gasteiger partial charge in [-0.25, -0.2) is 0 Å². The van der Waals surface area contributed by atoms with Gasteiger partial charge in [0.25, 0.3) is 5.91 Å². The van der Waals surface area contributed by atoms with Crippen LogP contribution in [0.1, 0.15) is 27.7 Å². The van der Waals surface area contributed by atoms with Crippen LogP contribution < -0.4 is 5.43 Å². The summed E-state index contributed by atoms with van der Waals surface area (Å²) < 4.78 is 5.72. The van der Waals surface area contributed by atoms with Gasteiger partial charge in [0.15, 0.2) is 5.43 Å². The highest BCUT2D eigenvalue weighted by Crippen LogP contribution is 2.38. The predicted octanol–water partition coefficient (Wildman–Crippen LogP) is 2.04. The van der Waals surface area contributed by atoms with Crippen LogP contribution in [0.3, 0.4) is 0 Å². The summed E-state index contributed by atoms with van der Waals surface area (Å²) in [6.07, 6.45) is 0. The fourth-order valence-corrected chi connectivity index (χ4v) is 3.35. The molecule has 0 spiro atoms. The van der Waals surface area contributed by atoms with Crippen molar-refractivity contribution in [3.63, 3.8) is 0 Å². The molecule has 3 aromatic rings. The van der Waals surface area contributed by atoms with Crippen LogP contribution >= 0.6 is 0 Å². The number of aliphatic hydroxyl groups excluding tert-OH is 1. The number of para-hydroxylation sites is 1. The molecule has 126 valence electrons. The molecule has 6 heteroatoms. The Labute approximate surface area is 142 Å². The van der Waals surface area contributed by atoms with Crippen molar-refractivity contribution in [3.05, 3.63) is 75.6 Å². The van der Waals surface area contributed by atoms with Crippen LogP contribution in [0.4, 0.5) is 0 Å². The summed E-state index contributed by atoms with van der Waals surface area (Å²) in [7, 11) is 0. The Hall–Kier alpha value is -3.12. The largest absolute Gasteiger partial charge is 0.508 e. The summed E-state index contributed by atoms with van der Waals surface area (Å²) in [5, 5.41) is 19.5.